The van der Waals surface area contributed by atoms with Crippen LogP contribution >= 0.6 is 11.3 Å². The lowest BCUT2D eigenvalue weighted by atomic mass is 10.4. The van der Waals surface area contributed by atoms with Crippen molar-refractivity contribution in [3.8, 4) is 0 Å². The van der Waals surface area contributed by atoms with Crippen LogP contribution in [0.5, 0.6) is 0 Å². The molecule has 0 radical (unpaired) electrons. The van der Waals surface area contributed by atoms with E-state index in [0.29, 0.717) is 5.89 Å². The highest BCUT2D eigenvalue weighted by Gasteiger charge is 2.08. The molecule has 0 amide bonds. The van der Waals surface area contributed by atoms with Crippen molar-refractivity contribution in [2.45, 2.75) is 13.0 Å². The topological polar surface area (TPSA) is 52.0 Å². The zero-order chi connectivity index (χ0) is 7.84. The number of rotatable bonds is 1. The number of thiophene rings is 1. The monoisotopic (exact) mass is 168 g/mol. The molecule has 2 N–H and O–H groups in total. The third kappa shape index (κ3) is 1.04. The number of aromatic nitrogens is 1. The Kier molecular flexibility index (Phi) is 1.44. The second-order valence-electron chi connectivity index (χ2n) is 2.46. The van der Waals surface area contributed by atoms with E-state index in [2.05, 4.69) is 4.98 Å². The summed E-state index contributed by atoms with van der Waals surface area (Å²) in [6.07, 6.45) is 0. The number of nitrogens with zero attached hydrogens (tertiary/aromatic N) is 1. The predicted molar refractivity (Wildman–Crippen MR) is 44.5 cm³/mol. The molecule has 0 saturated heterocycles. The molecule has 2 aromatic heterocycles. The van der Waals surface area contributed by atoms with Gasteiger partial charge in [0, 0.05) is 10.8 Å². The van der Waals surface area contributed by atoms with Crippen LogP contribution in [0, 0.1) is 0 Å². The molecule has 0 saturated carbocycles. The Morgan fingerprint density at radius 2 is 2.45 bits per heavy atom. The minimum absolute atomic E-state index is 0.118. The average molecular weight is 168 g/mol. The Bertz CT molecular complexity index is 335. The second kappa shape index (κ2) is 2.32. The number of nitrogens with two attached hydrogens (primary N) is 1. The first-order valence-electron chi connectivity index (χ1n) is 3.35. The molecule has 3 nitrogen and oxygen atoms in total. The lowest BCUT2D eigenvalue weighted by Crippen LogP contribution is -2.04. The third-order valence-electron chi connectivity index (χ3n) is 1.44. The van der Waals surface area contributed by atoms with Crippen molar-refractivity contribution in [2.75, 3.05) is 0 Å². The number of hydrogen-bond acceptors (Lipinski definition) is 4. The Labute approximate surface area is 67.8 Å². The van der Waals surface area contributed by atoms with Crippen molar-refractivity contribution in [2.24, 2.45) is 5.73 Å². The van der Waals surface area contributed by atoms with Crippen LogP contribution in [-0.2, 0) is 0 Å². The van der Waals surface area contributed by atoms with E-state index in [0.717, 1.165) is 11.1 Å². The van der Waals surface area contributed by atoms with Gasteiger partial charge < -0.3 is 10.2 Å². The van der Waals surface area contributed by atoms with Gasteiger partial charge in [0.15, 0.2) is 5.58 Å². The van der Waals surface area contributed by atoms with E-state index in [1.807, 2.05) is 17.7 Å². The molecule has 2 rings (SSSR count). The summed E-state index contributed by atoms with van der Waals surface area (Å²) in [5.41, 5.74) is 7.32. The molecule has 0 aromatic carbocycles. The van der Waals surface area contributed by atoms with Gasteiger partial charge in [-0.15, -0.1) is 11.3 Å². The van der Waals surface area contributed by atoms with E-state index in [9.17, 15) is 0 Å². The zero-order valence-corrected chi connectivity index (χ0v) is 6.89. The van der Waals surface area contributed by atoms with Gasteiger partial charge in [-0.3, -0.25) is 0 Å². The maximum absolute atomic E-state index is 5.58. The highest BCUT2D eigenvalue weighted by Crippen LogP contribution is 2.21. The summed E-state index contributed by atoms with van der Waals surface area (Å²) in [5.74, 6) is 0.614. The minimum Gasteiger partial charge on any atom is -0.438 e. The first-order valence-corrected chi connectivity index (χ1v) is 4.30. The fraction of sp³-hybridized carbons (Fsp3) is 0.286. The van der Waals surface area contributed by atoms with E-state index in [-0.39, 0.29) is 6.04 Å². The van der Waals surface area contributed by atoms with Gasteiger partial charge in [0.25, 0.3) is 0 Å². The highest BCUT2D eigenvalue weighted by atomic mass is 32.1. The molecule has 11 heavy (non-hydrogen) atoms. The van der Waals surface area contributed by atoms with Gasteiger partial charge in [0.2, 0.25) is 5.89 Å². The fourth-order valence-corrected chi connectivity index (χ4v) is 1.54. The van der Waals surface area contributed by atoms with Gasteiger partial charge >= 0.3 is 0 Å². The van der Waals surface area contributed by atoms with Crippen LogP contribution in [0.3, 0.4) is 0 Å². The van der Waals surface area contributed by atoms with Crippen LogP contribution in [0.4, 0.5) is 0 Å². The quantitative estimate of drug-likeness (QED) is 0.707. The summed E-state index contributed by atoms with van der Waals surface area (Å²) in [7, 11) is 0. The lowest BCUT2D eigenvalue weighted by molar-refractivity contribution is 0.493. The number of oxazole rings is 1. The molecule has 2 aromatic rings. The highest BCUT2D eigenvalue weighted by molar-refractivity contribution is 7.09. The molecule has 2 heterocycles. The molecule has 0 spiro atoms. The molecule has 0 aliphatic carbocycles. The molecular weight excluding hydrogens is 160 g/mol. The van der Waals surface area contributed by atoms with E-state index >= 15 is 0 Å². The molecular formula is C7H8N2OS. The normalized spacial score (nSPS) is 14.0. The molecule has 58 valence electrons. The molecule has 0 aliphatic heterocycles. The van der Waals surface area contributed by atoms with E-state index in [1.54, 1.807) is 11.3 Å². The Morgan fingerprint density at radius 3 is 3.09 bits per heavy atom. The van der Waals surface area contributed by atoms with Crippen LogP contribution < -0.4 is 5.73 Å². The predicted octanol–water partition coefficient (Wildman–Crippen LogP) is 1.91. The summed E-state index contributed by atoms with van der Waals surface area (Å²) in [4.78, 5) is 4.19. The first-order chi connectivity index (χ1) is 5.27. The zero-order valence-electron chi connectivity index (χ0n) is 6.07. The number of fused-ring (bicyclic) bond motifs is 1. The SMILES string of the molecule is C[C@H](N)c1nc2cscc2o1. The van der Waals surface area contributed by atoms with Crippen LogP contribution in [0.15, 0.2) is 15.2 Å². The van der Waals surface area contributed by atoms with Crippen molar-refractivity contribution >= 4 is 22.4 Å². The van der Waals surface area contributed by atoms with Crippen LogP contribution in [0.1, 0.15) is 18.9 Å². The Hall–Kier alpha value is -0.870. The third-order valence-corrected chi connectivity index (χ3v) is 2.15. The van der Waals surface area contributed by atoms with Crippen LogP contribution in [-0.4, -0.2) is 4.98 Å². The molecule has 4 heteroatoms. The molecule has 0 aliphatic rings. The van der Waals surface area contributed by atoms with E-state index in [4.69, 9.17) is 10.2 Å². The van der Waals surface area contributed by atoms with Crippen molar-refractivity contribution in [1.29, 1.82) is 0 Å². The summed E-state index contributed by atoms with van der Waals surface area (Å²) in [6.45, 7) is 1.86. The maximum Gasteiger partial charge on any atom is 0.212 e. The summed E-state index contributed by atoms with van der Waals surface area (Å²) in [6, 6.07) is -0.118. The largest absolute Gasteiger partial charge is 0.438 e. The summed E-state index contributed by atoms with van der Waals surface area (Å²) in [5, 5.41) is 3.87. The Morgan fingerprint density at radius 1 is 1.64 bits per heavy atom. The molecule has 0 fully saturated rings. The second-order valence-corrected chi connectivity index (χ2v) is 3.21. The summed E-state index contributed by atoms with van der Waals surface area (Å²) < 4.78 is 5.34. The summed E-state index contributed by atoms with van der Waals surface area (Å²) >= 11 is 1.58. The lowest BCUT2D eigenvalue weighted by Gasteiger charge is -1.94. The standard InChI is InChI=1S/C7H8N2OS/c1-4(8)7-9-5-2-11-3-6(5)10-7/h2-4H,8H2,1H3/t4-/m0/s1. The van der Waals surface area contributed by atoms with Gasteiger partial charge in [-0.25, -0.2) is 4.98 Å². The van der Waals surface area contributed by atoms with Crippen molar-refractivity contribution in [3.63, 3.8) is 0 Å². The minimum atomic E-state index is -0.118. The van der Waals surface area contributed by atoms with Gasteiger partial charge in [-0.05, 0) is 6.92 Å². The van der Waals surface area contributed by atoms with Gasteiger partial charge in [-0.2, -0.15) is 0 Å². The van der Waals surface area contributed by atoms with E-state index in [1.165, 1.54) is 0 Å². The molecule has 1 atom stereocenters. The van der Waals surface area contributed by atoms with Crippen LogP contribution in [0.2, 0.25) is 0 Å². The van der Waals surface area contributed by atoms with Gasteiger partial charge in [-0.1, -0.05) is 0 Å². The van der Waals surface area contributed by atoms with Gasteiger partial charge in [0.1, 0.15) is 5.52 Å². The average Bonchev–Trinajstić information content (AvgIpc) is 2.40. The van der Waals surface area contributed by atoms with Crippen molar-refractivity contribution in [1.82, 2.24) is 4.98 Å². The van der Waals surface area contributed by atoms with Gasteiger partial charge in [0.05, 0.1) is 6.04 Å². The molecule has 0 unspecified atom stereocenters. The van der Waals surface area contributed by atoms with Crippen molar-refractivity contribution in [3.05, 3.63) is 16.7 Å². The maximum atomic E-state index is 5.58. The van der Waals surface area contributed by atoms with E-state index < -0.39 is 0 Å². The Balaban J connectivity index is 2.58. The smallest absolute Gasteiger partial charge is 0.212 e. The number of hydrogen-bond donors (Lipinski definition) is 1. The van der Waals surface area contributed by atoms with Crippen LogP contribution in [0.25, 0.3) is 11.1 Å². The fourth-order valence-electron chi connectivity index (χ4n) is 0.885. The van der Waals surface area contributed by atoms with Crippen molar-refractivity contribution < 1.29 is 4.42 Å². The molecule has 0 bridgehead atoms. The first kappa shape index (κ1) is 6.82.